The minimum absolute atomic E-state index is 0.855. The van der Waals surface area contributed by atoms with Gasteiger partial charge >= 0.3 is 11.5 Å². The highest BCUT2D eigenvalue weighted by Gasteiger charge is 2.18. The Hall–Kier alpha value is -1.80. The Bertz CT molecular complexity index is 712. The van der Waals surface area contributed by atoms with Crippen molar-refractivity contribution in [3.05, 3.63) is 77.3 Å². The van der Waals surface area contributed by atoms with E-state index in [1.54, 1.807) is 0 Å². The van der Waals surface area contributed by atoms with E-state index >= 15 is 0 Å². The van der Waals surface area contributed by atoms with Gasteiger partial charge in [-0.15, -0.1) is 10.2 Å². The zero-order valence-corrected chi connectivity index (χ0v) is 14.6. The van der Waals surface area contributed by atoms with E-state index in [0.717, 1.165) is 27.1 Å². The fourth-order valence-electron chi connectivity index (χ4n) is 1.96. The molecule has 0 bridgehead atoms. The monoisotopic (exact) mass is 410 g/mol. The van der Waals surface area contributed by atoms with Crippen molar-refractivity contribution in [2.24, 2.45) is 0 Å². The first kappa shape index (κ1) is 18.5. The molecule has 0 radical (unpaired) electrons. The van der Waals surface area contributed by atoms with Crippen molar-refractivity contribution >= 4 is 15.9 Å². The van der Waals surface area contributed by atoms with Crippen LogP contribution < -0.4 is 18.6 Å². The van der Waals surface area contributed by atoms with Crippen LogP contribution >= 0.6 is 15.9 Å². The summed E-state index contributed by atoms with van der Waals surface area (Å²) in [6.45, 7) is 0. The minimum Gasteiger partial charge on any atom is -0.222 e. The average Bonchev–Trinajstić information content (AvgIpc) is 2.54. The van der Waals surface area contributed by atoms with Gasteiger partial charge in [0.1, 0.15) is 0 Å². The largest absolute Gasteiger partial charge is 0.361 e. The maximum Gasteiger partial charge on any atom is 0.361 e. The van der Waals surface area contributed by atoms with Crippen LogP contribution in [0, 0.1) is 10.2 Å². The van der Waals surface area contributed by atoms with Crippen molar-refractivity contribution < 1.29 is 33.3 Å². The molecule has 24 heavy (non-hydrogen) atoms. The number of hydrogen-bond donors (Lipinski definition) is 0. The molecule has 5 nitrogen and oxygen atoms in total. The summed E-state index contributed by atoms with van der Waals surface area (Å²) in [5, 5.41) is 0. The lowest BCUT2D eigenvalue weighted by Gasteiger charge is -2.17. The smallest absolute Gasteiger partial charge is 0.222 e. The van der Waals surface area contributed by atoms with E-state index in [4.69, 9.17) is 23.1 Å². The molecule has 3 rings (SSSR count). The predicted molar refractivity (Wildman–Crippen MR) is 81.7 cm³/mol. The average molecular weight is 412 g/mol. The topological polar surface area (TPSA) is 104 Å². The van der Waals surface area contributed by atoms with Crippen molar-refractivity contribution in [3.63, 3.8) is 0 Å². The van der Waals surface area contributed by atoms with E-state index in [-0.39, 0.29) is 0 Å². The Labute approximate surface area is 149 Å². The van der Waals surface area contributed by atoms with Crippen LogP contribution in [0.5, 0.6) is 0 Å². The van der Waals surface area contributed by atoms with Crippen molar-refractivity contribution in [1.29, 1.82) is 0 Å². The van der Waals surface area contributed by atoms with Crippen molar-refractivity contribution in [2.75, 3.05) is 0 Å². The van der Waals surface area contributed by atoms with E-state index in [9.17, 15) is 0 Å². The normalized spacial score (nSPS) is 10.7. The molecule has 0 aliphatic heterocycles. The fraction of sp³-hybridized carbons (Fsp3) is 0. The van der Waals surface area contributed by atoms with Gasteiger partial charge in [0.2, 0.25) is 0 Å². The molecule has 0 saturated carbocycles. The molecule has 7 heteroatoms. The molecular formula is C17H12BrClO5. The van der Waals surface area contributed by atoms with E-state index in [1.165, 1.54) is 0 Å². The van der Waals surface area contributed by atoms with Crippen molar-refractivity contribution in [1.82, 2.24) is 0 Å². The van der Waals surface area contributed by atoms with Crippen LogP contribution in [0.4, 0.5) is 0 Å². The molecule has 1 heterocycles. The second-order valence-electron chi connectivity index (χ2n) is 4.61. The van der Waals surface area contributed by atoms with Gasteiger partial charge in [0.15, 0.2) is 0 Å². The molecule has 0 saturated heterocycles. The Morgan fingerprint density at radius 1 is 0.667 bits per heavy atom. The number of rotatable bonds is 2. The first-order chi connectivity index (χ1) is 11.3. The lowest BCUT2D eigenvalue weighted by molar-refractivity contribution is -2.00. The number of benzene rings is 2. The highest BCUT2D eigenvalue weighted by Crippen LogP contribution is 2.30. The summed E-state index contributed by atoms with van der Waals surface area (Å²) in [5.41, 5.74) is 2.14. The van der Waals surface area contributed by atoms with E-state index in [1.807, 2.05) is 72.8 Å². The number of halogens is 2. The fourth-order valence-corrected chi connectivity index (χ4v) is 2.37. The van der Waals surface area contributed by atoms with Gasteiger partial charge < -0.3 is 0 Å². The van der Waals surface area contributed by atoms with Gasteiger partial charge in [-0.1, -0.05) is 52.3 Å². The van der Waals surface area contributed by atoms with Gasteiger partial charge in [0.05, 0.1) is 23.3 Å². The van der Waals surface area contributed by atoms with Crippen LogP contribution in [0.25, 0.3) is 22.6 Å². The summed E-state index contributed by atoms with van der Waals surface area (Å²) in [6, 6.07) is 24.2. The van der Waals surface area contributed by atoms with Gasteiger partial charge in [-0.2, -0.15) is 0 Å². The molecular weight excluding hydrogens is 400 g/mol. The molecule has 0 fully saturated rings. The maximum atomic E-state index is 8.49. The zero-order valence-electron chi connectivity index (χ0n) is 12.2. The van der Waals surface area contributed by atoms with Crippen LogP contribution in [0.1, 0.15) is 0 Å². The Morgan fingerprint density at radius 2 is 1.00 bits per heavy atom. The van der Waals surface area contributed by atoms with Gasteiger partial charge in [0, 0.05) is 4.47 Å². The van der Waals surface area contributed by atoms with E-state index in [2.05, 4.69) is 15.9 Å². The van der Waals surface area contributed by atoms with Crippen LogP contribution in [0.2, 0.25) is 0 Å². The molecule has 0 aliphatic carbocycles. The van der Waals surface area contributed by atoms with E-state index < -0.39 is 10.2 Å². The van der Waals surface area contributed by atoms with Crippen LogP contribution in [-0.2, 0) is 0 Å². The summed E-state index contributed by atoms with van der Waals surface area (Å²) >= 11 is 3.55. The Kier molecular flexibility index (Phi) is 6.44. The van der Waals surface area contributed by atoms with Gasteiger partial charge in [-0.25, -0.2) is 23.1 Å². The SMILES string of the molecule is Brc1cc(-c2ccccc2)[o+]c(-c2ccccc2)c1.[O-][Cl+3]([O-])([O-])[O-]. The van der Waals surface area contributed by atoms with Gasteiger partial charge in [-0.3, -0.25) is 0 Å². The van der Waals surface area contributed by atoms with Crippen LogP contribution in [0.3, 0.4) is 0 Å². The third kappa shape index (κ3) is 6.37. The van der Waals surface area contributed by atoms with Crippen LogP contribution in [0.15, 0.2) is 81.7 Å². The molecule has 0 unspecified atom stereocenters. The molecule has 2 aromatic carbocycles. The minimum atomic E-state index is -4.94. The summed E-state index contributed by atoms with van der Waals surface area (Å²) in [5.74, 6) is 1.71. The second-order valence-corrected chi connectivity index (χ2v) is 6.29. The van der Waals surface area contributed by atoms with Crippen LogP contribution in [-0.4, -0.2) is 0 Å². The molecule has 0 atom stereocenters. The Morgan fingerprint density at radius 3 is 1.33 bits per heavy atom. The third-order valence-electron chi connectivity index (χ3n) is 2.87. The molecule has 124 valence electrons. The first-order valence-electron chi connectivity index (χ1n) is 6.69. The standard InChI is InChI=1S/C17H12BrO.ClHO4/c18-15-11-16(13-7-3-1-4-8-13)19-17(12-15)14-9-5-2-6-10-14;2-1(3,4)5/h1-12H;(H,2,3,4,5)/q+1;/p-1. The Balaban J connectivity index is 0.000000368. The highest BCUT2D eigenvalue weighted by molar-refractivity contribution is 9.10. The van der Waals surface area contributed by atoms with Gasteiger partial charge in [-0.05, 0) is 24.3 Å². The van der Waals surface area contributed by atoms with Crippen molar-refractivity contribution in [3.8, 4) is 22.6 Å². The molecule has 0 aliphatic rings. The summed E-state index contributed by atoms with van der Waals surface area (Å²) in [7, 11) is -4.94. The second kappa shape index (κ2) is 8.34. The lowest BCUT2D eigenvalue weighted by Crippen LogP contribution is -2.68. The molecule has 0 N–H and O–H groups in total. The quantitative estimate of drug-likeness (QED) is 0.583. The molecule has 0 spiro atoms. The molecule has 3 aromatic rings. The zero-order chi connectivity index (χ0) is 17.6. The number of hydrogen-bond acceptors (Lipinski definition) is 4. The molecule has 0 amide bonds. The molecule has 1 aromatic heterocycles. The van der Waals surface area contributed by atoms with E-state index in [0.29, 0.717) is 0 Å². The first-order valence-corrected chi connectivity index (χ1v) is 8.72. The van der Waals surface area contributed by atoms with Gasteiger partial charge in [0.25, 0.3) is 0 Å². The highest BCUT2D eigenvalue weighted by atomic mass is 79.9. The predicted octanol–water partition coefficient (Wildman–Crippen LogP) is 0.901. The summed E-state index contributed by atoms with van der Waals surface area (Å²) in [4.78, 5) is 0. The summed E-state index contributed by atoms with van der Waals surface area (Å²) in [6.07, 6.45) is 0. The van der Waals surface area contributed by atoms with Crippen molar-refractivity contribution in [2.45, 2.75) is 0 Å². The summed E-state index contributed by atoms with van der Waals surface area (Å²) < 4.78 is 41.0. The lowest BCUT2D eigenvalue weighted by atomic mass is 10.1. The maximum absolute atomic E-state index is 8.49. The third-order valence-corrected chi connectivity index (χ3v) is 3.33.